The van der Waals surface area contributed by atoms with Crippen LogP contribution >= 0.6 is 0 Å². The molecule has 0 aromatic heterocycles. The van der Waals surface area contributed by atoms with E-state index in [0.29, 0.717) is 37.7 Å². The maximum Gasteiger partial charge on any atom is 0.326 e. The molecule has 0 radical (unpaired) electrons. The van der Waals surface area contributed by atoms with Crippen molar-refractivity contribution in [3.8, 4) is 5.75 Å². The van der Waals surface area contributed by atoms with Crippen LogP contribution in [0.25, 0.3) is 0 Å². The minimum absolute atomic E-state index is 0.00260. The number of nitrogens with two attached hydrogens (primary N) is 4. The number of benzene rings is 1. The number of hydrogen-bond donors (Lipinski definition) is 12. The van der Waals surface area contributed by atoms with Crippen LogP contribution in [0.5, 0.6) is 5.75 Å². The first-order valence-corrected chi connectivity index (χ1v) is 24.7. The van der Waals surface area contributed by atoms with Crippen LogP contribution in [0, 0.1) is 5.92 Å². The number of rotatable bonds is 27. The predicted molar refractivity (Wildman–Crippen MR) is 262 cm³/mol. The molecule has 0 aliphatic carbocycles. The molecule has 0 saturated carbocycles. The van der Waals surface area contributed by atoms with Crippen molar-refractivity contribution in [3.05, 3.63) is 29.8 Å². The van der Waals surface area contributed by atoms with Crippen molar-refractivity contribution in [3.63, 3.8) is 0 Å². The summed E-state index contributed by atoms with van der Waals surface area (Å²) in [5.74, 6) is -10.2. The van der Waals surface area contributed by atoms with E-state index in [0.717, 1.165) is 0 Å². The molecule has 4 rings (SSSR count). The standard InChI is InChI=1S/C47H71N13O14/c1-3-25(2)38(57-42(69)33-10-5-20-59(33)44(71)28(48)16-17-35(49)62)43(70)53-24-36(63)58-19-7-11-34(58)45(72)60-21-6-9-32(60)41(68)56-30(22-26-12-14-27(61)15-13-26)39(66)55-31(23-37(64)65)40(67)54-29(46(73)74)8-4-18-52-47(50)51/h12-15,25,28-34,38,61H,3-11,16-24,48H2,1-2H3,(H2,49,62)(H,53,70)(H,54,67)(H,55,66)(H,56,68)(H,57,69)(H,64,65)(H,73,74)(H4,50,51,52)/t25-,28-,29-,30-,31-,32-,33-,34-,38-/m0/s1. The SMILES string of the molecule is CC[C@H](C)[C@H](NC(=O)[C@@H]1CCCN1C(=O)[C@@H](N)CCC(N)=O)C(=O)NCC(=O)N1CCC[C@H]1C(=O)N1CCC[C@H]1C(=O)N[C@@H](Cc1ccc(O)cc1)C(=O)N[C@@H](CC(=O)O)C(=O)N[C@@H](CCCN=C(N)N)C(=O)O. The van der Waals surface area contributed by atoms with Crippen LogP contribution in [0.4, 0.5) is 0 Å². The van der Waals surface area contributed by atoms with E-state index in [1.807, 2.05) is 6.92 Å². The van der Waals surface area contributed by atoms with Gasteiger partial charge in [-0.3, -0.25) is 52.9 Å². The molecule has 3 heterocycles. The summed E-state index contributed by atoms with van der Waals surface area (Å²) in [4.78, 5) is 153. The Morgan fingerprint density at radius 1 is 0.716 bits per heavy atom. The molecule has 0 unspecified atom stereocenters. The number of carbonyl (C=O) groups is 11. The second-order valence-electron chi connectivity index (χ2n) is 18.8. The van der Waals surface area contributed by atoms with E-state index in [9.17, 15) is 68.1 Å². The number of nitrogens with one attached hydrogen (secondary N) is 5. The topological polar surface area (TPSA) is 435 Å². The zero-order valence-electron chi connectivity index (χ0n) is 41.7. The second kappa shape index (κ2) is 28.0. The third kappa shape index (κ3) is 17.0. The number of hydrogen-bond acceptors (Lipinski definition) is 14. The number of phenolic OH excluding ortho intramolecular Hbond substituents is 1. The Morgan fingerprint density at radius 3 is 1.88 bits per heavy atom. The highest BCUT2D eigenvalue weighted by Gasteiger charge is 2.44. The Morgan fingerprint density at radius 2 is 1.28 bits per heavy atom. The van der Waals surface area contributed by atoms with E-state index < -0.39 is 132 Å². The maximum absolute atomic E-state index is 14.3. The molecule has 408 valence electrons. The zero-order valence-corrected chi connectivity index (χ0v) is 41.7. The van der Waals surface area contributed by atoms with Crippen LogP contribution in [0.3, 0.4) is 0 Å². The molecule has 3 aliphatic rings. The van der Waals surface area contributed by atoms with Gasteiger partial charge in [-0.2, -0.15) is 0 Å². The molecule has 9 atom stereocenters. The molecule has 1 aromatic carbocycles. The van der Waals surface area contributed by atoms with Gasteiger partial charge in [0, 0.05) is 39.0 Å². The average Bonchev–Trinajstić information content (AvgIpc) is 4.17. The van der Waals surface area contributed by atoms with E-state index in [-0.39, 0.29) is 82.8 Å². The Labute approximate surface area is 427 Å². The summed E-state index contributed by atoms with van der Waals surface area (Å²) in [7, 11) is 0. The number of phenols is 1. The molecule has 27 nitrogen and oxygen atoms in total. The number of carbonyl (C=O) groups excluding carboxylic acids is 9. The summed E-state index contributed by atoms with van der Waals surface area (Å²) < 4.78 is 0. The zero-order chi connectivity index (χ0) is 54.8. The Kier molecular flexibility index (Phi) is 22.3. The summed E-state index contributed by atoms with van der Waals surface area (Å²) >= 11 is 0. The van der Waals surface area contributed by atoms with Gasteiger partial charge < -0.3 is 79.5 Å². The van der Waals surface area contributed by atoms with Gasteiger partial charge in [0.25, 0.3) is 0 Å². The lowest BCUT2D eigenvalue weighted by atomic mass is 9.97. The lowest BCUT2D eigenvalue weighted by Gasteiger charge is -2.32. The molecule has 1 aromatic rings. The Bertz CT molecular complexity index is 2260. The van der Waals surface area contributed by atoms with Crippen molar-refractivity contribution in [1.82, 2.24) is 41.3 Å². The van der Waals surface area contributed by atoms with Crippen molar-refractivity contribution < 1.29 is 68.1 Å². The number of amides is 9. The first-order valence-electron chi connectivity index (χ1n) is 24.7. The largest absolute Gasteiger partial charge is 0.508 e. The number of aliphatic carboxylic acids is 2. The van der Waals surface area contributed by atoms with Crippen LogP contribution in [0.2, 0.25) is 0 Å². The third-order valence-corrected chi connectivity index (χ3v) is 13.3. The van der Waals surface area contributed by atoms with Crippen LogP contribution in [-0.2, 0) is 59.2 Å². The molecular weight excluding hydrogens is 971 g/mol. The molecule has 27 heteroatoms. The second-order valence-corrected chi connectivity index (χ2v) is 18.8. The molecule has 9 amide bonds. The van der Waals surface area contributed by atoms with Gasteiger partial charge in [-0.25, -0.2) is 4.79 Å². The van der Waals surface area contributed by atoms with Crippen LogP contribution in [-0.4, -0.2) is 182 Å². The van der Waals surface area contributed by atoms with E-state index in [4.69, 9.17) is 22.9 Å². The first-order chi connectivity index (χ1) is 35.0. The summed E-state index contributed by atoms with van der Waals surface area (Å²) in [6, 6.07) is -4.49. The van der Waals surface area contributed by atoms with Gasteiger partial charge in [0.05, 0.1) is 19.0 Å². The number of aromatic hydroxyl groups is 1. The van der Waals surface area contributed by atoms with Gasteiger partial charge in [-0.05, 0) is 81.4 Å². The summed E-state index contributed by atoms with van der Waals surface area (Å²) in [6.07, 6.45) is 1.08. The molecule has 3 saturated heterocycles. The summed E-state index contributed by atoms with van der Waals surface area (Å²) in [5, 5.41) is 41.8. The molecular formula is C47H71N13O14. The van der Waals surface area contributed by atoms with Crippen molar-refractivity contribution in [1.29, 1.82) is 0 Å². The van der Waals surface area contributed by atoms with Crippen molar-refractivity contribution in [2.75, 3.05) is 32.7 Å². The number of carboxylic acids is 2. The third-order valence-electron chi connectivity index (χ3n) is 13.3. The normalized spacial score (nSPS) is 19.7. The number of primary amides is 1. The van der Waals surface area contributed by atoms with Crippen LogP contribution in [0.1, 0.15) is 96.5 Å². The summed E-state index contributed by atoms with van der Waals surface area (Å²) in [6.45, 7) is 3.55. The van der Waals surface area contributed by atoms with E-state index in [2.05, 4.69) is 31.6 Å². The van der Waals surface area contributed by atoms with E-state index in [1.54, 1.807) is 6.92 Å². The van der Waals surface area contributed by atoms with E-state index in [1.165, 1.54) is 39.0 Å². The number of nitrogens with zero attached hydrogens (tertiary/aromatic N) is 4. The van der Waals surface area contributed by atoms with Crippen LogP contribution < -0.4 is 49.5 Å². The monoisotopic (exact) mass is 1040 g/mol. The predicted octanol–water partition coefficient (Wildman–Crippen LogP) is -3.79. The highest BCUT2D eigenvalue weighted by molar-refractivity contribution is 5.98. The minimum atomic E-state index is -1.81. The van der Waals surface area contributed by atoms with Gasteiger partial charge >= 0.3 is 11.9 Å². The number of likely N-dealkylation sites (tertiary alicyclic amines) is 3. The maximum atomic E-state index is 14.3. The smallest absolute Gasteiger partial charge is 0.326 e. The Balaban J connectivity index is 1.44. The lowest BCUT2D eigenvalue weighted by molar-refractivity contribution is -0.147. The molecule has 0 spiro atoms. The summed E-state index contributed by atoms with van der Waals surface area (Å²) in [5.41, 5.74) is 22.3. The van der Waals surface area contributed by atoms with Crippen molar-refractivity contribution in [2.24, 2.45) is 33.8 Å². The number of aliphatic imine (C=N–C) groups is 1. The van der Waals surface area contributed by atoms with Gasteiger partial charge in [0.15, 0.2) is 5.96 Å². The quantitative estimate of drug-likeness (QED) is 0.0228. The van der Waals surface area contributed by atoms with Gasteiger partial charge in [-0.15, -0.1) is 0 Å². The number of guanidine groups is 1. The molecule has 74 heavy (non-hydrogen) atoms. The van der Waals surface area contributed by atoms with Crippen molar-refractivity contribution in [2.45, 2.75) is 146 Å². The fraction of sp³-hybridized carbons (Fsp3) is 0.617. The molecule has 0 bridgehead atoms. The lowest BCUT2D eigenvalue weighted by Crippen LogP contribution is -2.59. The Hall–Kier alpha value is -7.58. The molecule has 3 fully saturated rings. The van der Waals surface area contributed by atoms with Gasteiger partial charge in [0.1, 0.15) is 48.0 Å². The fourth-order valence-corrected chi connectivity index (χ4v) is 9.11. The highest BCUT2D eigenvalue weighted by Crippen LogP contribution is 2.26. The average molecular weight is 1040 g/mol. The van der Waals surface area contributed by atoms with Gasteiger partial charge in [-0.1, -0.05) is 32.4 Å². The molecule has 3 aliphatic heterocycles. The minimum Gasteiger partial charge on any atom is -0.508 e. The van der Waals surface area contributed by atoms with Crippen molar-refractivity contribution >= 4 is 71.1 Å². The first kappa shape index (κ1) is 59.0. The number of carboxylic acid groups (broad SMARTS) is 2. The molecule has 16 N–H and O–H groups in total. The van der Waals surface area contributed by atoms with Crippen LogP contribution in [0.15, 0.2) is 29.3 Å². The highest BCUT2D eigenvalue weighted by atomic mass is 16.4. The fourth-order valence-electron chi connectivity index (χ4n) is 9.11. The van der Waals surface area contributed by atoms with E-state index >= 15 is 0 Å². The van der Waals surface area contributed by atoms with Gasteiger partial charge in [0.2, 0.25) is 53.2 Å².